The number of likely N-dealkylation sites (tertiary alicyclic amines) is 2. The highest BCUT2D eigenvalue weighted by Crippen LogP contribution is 2.39. The lowest BCUT2D eigenvalue weighted by Crippen LogP contribution is -2.61. The second-order valence-corrected chi connectivity index (χ2v) is 7.68. The van der Waals surface area contributed by atoms with E-state index in [4.69, 9.17) is 4.42 Å². The van der Waals surface area contributed by atoms with Crippen LogP contribution in [0.2, 0.25) is 0 Å². The van der Waals surface area contributed by atoms with E-state index in [9.17, 15) is 14.4 Å². The molecule has 28 heavy (non-hydrogen) atoms. The fourth-order valence-corrected chi connectivity index (χ4v) is 4.52. The number of aryl methyl sites for hydroxylation is 1. The molecule has 0 aliphatic carbocycles. The summed E-state index contributed by atoms with van der Waals surface area (Å²) in [6.45, 7) is 3.38. The molecule has 1 aromatic carbocycles. The minimum Gasteiger partial charge on any atom is -0.456 e. The molecule has 0 bridgehead atoms. The van der Waals surface area contributed by atoms with Gasteiger partial charge in [0, 0.05) is 31.8 Å². The number of rotatable bonds is 3. The Balaban J connectivity index is 1.62. The van der Waals surface area contributed by atoms with Crippen molar-refractivity contribution in [3.8, 4) is 0 Å². The molecule has 0 saturated carbocycles. The third-order valence-electron chi connectivity index (χ3n) is 5.75. The molecule has 1 aromatic heterocycles. The van der Waals surface area contributed by atoms with Gasteiger partial charge >= 0.3 is 0 Å². The second kappa shape index (κ2) is 7.26. The van der Waals surface area contributed by atoms with Crippen LogP contribution in [-0.2, 0) is 11.3 Å². The molecule has 2 fully saturated rings. The monoisotopic (exact) mass is 380 g/mol. The molecule has 2 aliphatic rings. The number of hydrogen-bond donors (Lipinski definition) is 0. The average molecular weight is 380 g/mol. The van der Waals surface area contributed by atoms with E-state index in [1.807, 2.05) is 35.2 Å². The first-order chi connectivity index (χ1) is 13.5. The number of hydrogen-bond acceptors (Lipinski definition) is 4. The van der Waals surface area contributed by atoms with Gasteiger partial charge in [0.15, 0.2) is 11.2 Å². The van der Waals surface area contributed by atoms with Gasteiger partial charge in [0.25, 0.3) is 5.91 Å². The van der Waals surface area contributed by atoms with Crippen molar-refractivity contribution in [3.63, 3.8) is 0 Å². The number of benzene rings is 1. The first kappa shape index (κ1) is 18.5. The van der Waals surface area contributed by atoms with Crippen LogP contribution in [0.1, 0.15) is 47.6 Å². The van der Waals surface area contributed by atoms with Gasteiger partial charge in [-0.15, -0.1) is 0 Å². The van der Waals surface area contributed by atoms with Crippen molar-refractivity contribution in [2.45, 2.75) is 44.7 Å². The molecule has 2 amide bonds. The molecule has 6 nitrogen and oxygen atoms in total. The maximum atomic E-state index is 13.5. The van der Waals surface area contributed by atoms with Gasteiger partial charge in [0.05, 0.1) is 0 Å². The van der Waals surface area contributed by atoms with E-state index in [1.54, 1.807) is 11.8 Å². The summed E-state index contributed by atoms with van der Waals surface area (Å²) in [5.74, 6) is 0.0423. The topological polar surface area (TPSA) is 70.8 Å². The van der Waals surface area contributed by atoms with Crippen molar-refractivity contribution in [1.82, 2.24) is 9.80 Å². The van der Waals surface area contributed by atoms with Gasteiger partial charge < -0.3 is 14.2 Å². The average Bonchev–Trinajstić information content (AvgIpc) is 3.09. The number of carbonyl (C=O) groups is 2. The highest BCUT2D eigenvalue weighted by molar-refractivity contribution is 5.98. The van der Waals surface area contributed by atoms with Crippen molar-refractivity contribution in [1.29, 1.82) is 0 Å². The molecule has 3 heterocycles. The normalized spacial score (nSPS) is 22.1. The van der Waals surface area contributed by atoms with Gasteiger partial charge in [0.2, 0.25) is 5.91 Å². The van der Waals surface area contributed by atoms with Gasteiger partial charge in [-0.05, 0) is 38.2 Å². The first-order valence-electron chi connectivity index (χ1n) is 9.77. The Kier molecular flexibility index (Phi) is 4.79. The summed E-state index contributed by atoms with van der Waals surface area (Å²) in [5, 5.41) is 0. The molecular weight excluding hydrogens is 356 g/mol. The maximum Gasteiger partial charge on any atom is 0.290 e. The molecule has 0 radical (unpaired) electrons. The van der Waals surface area contributed by atoms with Gasteiger partial charge in [-0.2, -0.15) is 0 Å². The van der Waals surface area contributed by atoms with Crippen molar-refractivity contribution >= 4 is 11.8 Å². The molecule has 146 valence electrons. The van der Waals surface area contributed by atoms with Crippen LogP contribution in [0, 0.1) is 6.92 Å². The molecular formula is C22H24N2O4. The zero-order chi connectivity index (χ0) is 19.7. The predicted octanol–water partition coefficient (Wildman–Crippen LogP) is 2.75. The van der Waals surface area contributed by atoms with Crippen molar-refractivity contribution in [3.05, 3.63) is 69.8 Å². The lowest BCUT2D eigenvalue weighted by molar-refractivity contribution is -0.146. The Morgan fingerprint density at radius 3 is 2.50 bits per heavy atom. The van der Waals surface area contributed by atoms with E-state index >= 15 is 0 Å². The number of nitrogens with zero attached hydrogens (tertiary/aromatic N) is 2. The molecule has 2 saturated heterocycles. The lowest BCUT2D eigenvalue weighted by atomic mass is 9.85. The zero-order valence-corrected chi connectivity index (χ0v) is 16.0. The summed E-state index contributed by atoms with van der Waals surface area (Å²) in [7, 11) is 0. The third-order valence-corrected chi connectivity index (χ3v) is 5.75. The predicted molar refractivity (Wildman–Crippen MR) is 104 cm³/mol. The Morgan fingerprint density at radius 2 is 1.79 bits per heavy atom. The van der Waals surface area contributed by atoms with Crippen LogP contribution in [0.5, 0.6) is 0 Å². The highest BCUT2D eigenvalue weighted by Gasteiger charge is 2.53. The Labute approximate surface area is 163 Å². The van der Waals surface area contributed by atoms with E-state index in [0.717, 1.165) is 18.4 Å². The fourth-order valence-electron chi connectivity index (χ4n) is 4.52. The molecule has 6 heteroatoms. The Hall–Kier alpha value is -2.89. The molecule has 1 atom stereocenters. The summed E-state index contributed by atoms with van der Waals surface area (Å²) in [4.78, 5) is 41.9. The molecule has 1 unspecified atom stereocenters. The number of carbonyl (C=O) groups excluding carboxylic acids is 2. The van der Waals surface area contributed by atoms with E-state index < -0.39 is 5.54 Å². The van der Waals surface area contributed by atoms with Crippen LogP contribution < -0.4 is 5.43 Å². The summed E-state index contributed by atoms with van der Waals surface area (Å²) in [6, 6.07) is 12.5. The van der Waals surface area contributed by atoms with Crippen LogP contribution in [0.3, 0.4) is 0 Å². The third kappa shape index (κ3) is 3.23. The van der Waals surface area contributed by atoms with Gasteiger partial charge in [-0.25, -0.2) is 0 Å². The SMILES string of the molecule is Cc1cc(=O)cc(C(=O)N2CCCC23CCCN(Cc2ccccc2)C3=O)o1. The van der Waals surface area contributed by atoms with Crippen LogP contribution in [0.4, 0.5) is 0 Å². The van der Waals surface area contributed by atoms with Crippen molar-refractivity contribution in [2.75, 3.05) is 13.1 Å². The van der Waals surface area contributed by atoms with E-state index in [2.05, 4.69) is 0 Å². The van der Waals surface area contributed by atoms with Crippen LogP contribution in [0.15, 0.2) is 51.7 Å². The number of amides is 2. The number of piperidine rings is 1. The maximum absolute atomic E-state index is 13.5. The first-order valence-corrected chi connectivity index (χ1v) is 9.77. The van der Waals surface area contributed by atoms with E-state index in [-0.39, 0.29) is 23.0 Å². The molecule has 4 rings (SSSR count). The van der Waals surface area contributed by atoms with Crippen LogP contribution in [0.25, 0.3) is 0 Å². The minimum atomic E-state index is -0.827. The smallest absolute Gasteiger partial charge is 0.290 e. The summed E-state index contributed by atoms with van der Waals surface area (Å²) >= 11 is 0. The second-order valence-electron chi connectivity index (χ2n) is 7.68. The van der Waals surface area contributed by atoms with Crippen LogP contribution >= 0.6 is 0 Å². The van der Waals surface area contributed by atoms with Gasteiger partial charge in [0.1, 0.15) is 11.3 Å². The van der Waals surface area contributed by atoms with Gasteiger partial charge in [-0.1, -0.05) is 30.3 Å². The molecule has 1 spiro atoms. The minimum absolute atomic E-state index is 0.00320. The fraction of sp³-hybridized carbons (Fsp3) is 0.409. The molecule has 2 aromatic rings. The molecule has 2 aliphatic heterocycles. The molecule has 0 N–H and O–H groups in total. The highest BCUT2D eigenvalue weighted by atomic mass is 16.3. The lowest BCUT2D eigenvalue weighted by Gasteiger charge is -2.44. The quantitative estimate of drug-likeness (QED) is 0.821. The summed E-state index contributed by atoms with van der Waals surface area (Å²) in [6.07, 6.45) is 2.92. The van der Waals surface area contributed by atoms with Gasteiger partial charge in [-0.3, -0.25) is 14.4 Å². The Bertz CT molecular complexity index is 953. The standard InChI is InChI=1S/C22H24N2O4/c1-16-13-18(25)14-19(28-16)20(26)24-12-6-10-22(24)9-5-11-23(21(22)27)15-17-7-3-2-4-8-17/h2-4,7-8,13-14H,5-6,9-12,15H2,1H3. The van der Waals surface area contributed by atoms with E-state index in [1.165, 1.54) is 12.1 Å². The van der Waals surface area contributed by atoms with E-state index in [0.29, 0.717) is 38.2 Å². The van der Waals surface area contributed by atoms with Crippen molar-refractivity contribution in [2.24, 2.45) is 0 Å². The van der Waals surface area contributed by atoms with Crippen molar-refractivity contribution < 1.29 is 14.0 Å². The zero-order valence-electron chi connectivity index (χ0n) is 16.0. The Morgan fingerprint density at radius 1 is 1.07 bits per heavy atom. The largest absolute Gasteiger partial charge is 0.456 e. The summed E-state index contributed by atoms with van der Waals surface area (Å²) < 4.78 is 5.51. The summed E-state index contributed by atoms with van der Waals surface area (Å²) in [5.41, 5.74) is -0.0126. The van der Waals surface area contributed by atoms with Crippen LogP contribution in [-0.4, -0.2) is 40.2 Å².